The molecule has 1 aliphatic rings. The van der Waals surface area contributed by atoms with Crippen molar-refractivity contribution in [2.24, 2.45) is 5.92 Å². The van der Waals surface area contributed by atoms with E-state index in [1.165, 1.54) is 18.1 Å². The molecule has 1 fully saturated rings. The van der Waals surface area contributed by atoms with Crippen molar-refractivity contribution in [1.82, 2.24) is 0 Å². The highest BCUT2D eigenvalue weighted by atomic mass is 19.1. The van der Waals surface area contributed by atoms with Gasteiger partial charge in [0, 0.05) is 30.4 Å². The van der Waals surface area contributed by atoms with Gasteiger partial charge in [-0.05, 0) is 51.1 Å². The number of carbonyl (C=O) groups is 3. The van der Waals surface area contributed by atoms with Gasteiger partial charge in [0.25, 0.3) is 0 Å². The van der Waals surface area contributed by atoms with E-state index in [0.717, 1.165) is 12.1 Å². The quantitative estimate of drug-likeness (QED) is 0.692. The number of hydrogen-bond donors (Lipinski definition) is 2. The van der Waals surface area contributed by atoms with Crippen LogP contribution in [0, 0.1) is 17.6 Å². The van der Waals surface area contributed by atoms with Crippen molar-refractivity contribution in [2.45, 2.75) is 32.8 Å². The van der Waals surface area contributed by atoms with Crippen molar-refractivity contribution in [3.05, 3.63) is 48.0 Å². The molecule has 1 saturated heterocycles. The van der Waals surface area contributed by atoms with E-state index in [4.69, 9.17) is 9.47 Å². The summed E-state index contributed by atoms with van der Waals surface area (Å²) in [5.41, 5.74) is -0.00575. The minimum atomic E-state index is -0.811. The number of hydrogen-bond acceptors (Lipinski definition) is 5. The molecule has 1 aliphatic heterocycles. The SMILES string of the molecule is COc1ccc(NC(=O)C2CC(=O)N(c3cc(F)cc(F)c3)C2)cc1NC(=O)OC(C)(C)C. The van der Waals surface area contributed by atoms with Gasteiger partial charge in [0.05, 0.1) is 18.7 Å². The van der Waals surface area contributed by atoms with Crippen molar-refractivity contribution >= 4 is 35.0 Å². The van der Waals surface area contributed by atoms with E-state index < -0.39 is 41.1 Å². The highest BCUT2D eigenvalue weighted by molar-refractivity contribution is 6.03. The molecule has 1 atom stereocenters. The maximum absolute atomic E-state index is 13.5. The first-order valence-electron chi connectivity index (χ1n) is 10.2. The van der Waals surface area contributed by atoms with Gasteiger partial charge in [-0.1, -0.05) is 0 Å². The van der Waals surface area contributed by atoms with Gasteiger partial charge in [-0.25, -0.2) is 13.6 Å². The summed E-state index contributed by atoms with van der Waals surface area (Å²) in [5.74, 6) is -2.86. The summed E-state index contributed by atoms with van der Waals surface area (Å²) in [4.78, 5) is 38.4. The normalized spacial score (nSPS) is 15.9. The standard InChI is InChI=1S/C23H25F2N3O5/c1-23(2,3)33-22(31)27-18-11-16(5-6-19(18)32-4)26-21(30)13-7-20(29)28(12-13)17-9-14(24)8-15(25)10-17/h5-6,8-11,13H,7,12H2,1-4H3,(H,26,30)(H,27,31). The van der Waals surface area contributed by atoms with E-state index in [0.29, 0.717) is 17.5 Å². The Morgan fingerprint density at radius 1 is 1.06 bits per heavy atom. The molecular weight excluding hydrogens is 436 g/mol. The Bertz CT molecular complexity index is 1060. The van der Waals surface area contributed by atoms with Gasteiger partial charge in [-0.2, -0.15) is 0 Å². The Morgan fingerprint density at radius 3 is 2.33 bits per heavy atom. The van der Waals surface area contributed by atoms with E-state index in [-0.39, 0.29) is 24.3 Å². The Kier molecular flexibility index (Phi) is 6.85. The summed E-state index contributed by atoms with van der Waals surface area (Å²) < 4.78 is 37.5. The first-order valence-corrected chi connectivity index (χ1v) is 10.2. The molecule has 0 bridgehead atoms. The Labute approximate surface area is 189 Å². The maximum atomic E-state index is 13.5. The molecule has 0 spiro atoms. The maximum Gasteiger partial charge on any atom is 0.412 e. The van der Waals surface area contributed by atoms with Crippen LogP contribution in [0.5, 0.6) is 5.75 Å². The summed E-state index contributed by atoms with van der Waals surface area (Å²) in [6.07, 6.45) is -0.799. The highest BCUT2D eigenvalue weighted by Crippen LogP contribution is 2.30. The van der Waals surface area contributed by atoms with Crippen LogP contribution in [0.25, 0.3) is 0 Å². The lowest BCUT2D eigenvalue weighted by Crippen LogP contribution is -2.28. The summed E-state index contributed by atoms with van der Waals surface area (Å²) >= 11 is 0. The summed E-state index contributed by atoms with van der Waals surface area (Å²) in [7, 11) is 1.43. The minimum Gasteiger partial charge on any atom is -0.495 e. The molecule has 2 aromatic carbocycles. The van der Waals surface area contributed by atoms with Crippen LogP contribution in [-0.4, -0.2) is 37.2 Å². The number of rotatable bonds is 5. The second-order valence-corrected chi connectivity index (χ2v) is 8.56. The largest absolute Gasteiger partial charge is 0.495 e. The lowest BCUT2D eigenvalue weighted by molar-refractivity contribution is -0.122. The molecule has 33 heavy (non-hydrogen) atoms. The van der Waals surface area contributed by atoms with Gasteiger partial charge in [-0.3, -0.25) is 14.9 Å². The van der Waals surface area contributed by atoms with Crippen LogP contribution in [0.1, 0.15) is 27.2 Å². The van der Waals surface area contributed by atoms with Gasteiger partial charge in [0.15, 0.2) is 0 Å². The lowest BCUT2D eigenvalue weighted by Gasteiger charge is -2.20. The molecular formula is C23H25F2N3O5. The molecule has 2 aromatic rings. The number of anilines is 3. The molecule has 0 saturated carbocycles. The van der Waals surface area contributed by atoms with Crippen LogP contribution in [-0.2, 0) is 14.3 Å². The van der Waals surface area contributed by atoms with E-state index in [2.05, 4.69) is 10.6 Å². The number of nitrogens with zero attached hydrogens (tertiary/aromatic N) is 1. The molecule has 3 rings (SSSR count). The van der Waals surface area contributed by atoms with E-state index in [1.807, 2.05) is 0 Å². The molecule has 0 aromatic heterocycles. The van der Waals surface area contributed by atoms with Crippen molar-refractivity contribution in [1.29, 1.82) is 0 Å². The number of benzene rings is 2. The van der Waals surface area contributed by atoms with E-state index in [9.17, 15) is 23.2 Å². The third-order valence-corrected chi connectivity index (χ3v) is 4.76. The number of methoxy groups -OCH3 is 1. The van der Waals surface area contributed by atoms with Gasteiger partial charge >= 0.3 is 6.09 Å². The zero-order valence-electron chi connectivity index (χ0n) is 18.7. The zero-order valence-corrected chi connectivity index (χ0v) is 18.7. The fourth-order valence-corrected chi connectivity index (χ4v) is 3.37. The summed E-state index contributed by atoms with van der Waals surface area (Å²) in [6.45, 7) is 5.16. The van der Waals surface area contributed by atoms with Crippen LogP contribution >= 0.6 is 0 Å². The van der Waals surface area contributed by atoms with Crippen LogP contribution in [0.15, 0.2) is 36.4 Å². The molecule has 1 unspecified atom stereocenters. The topological polar surface area (TPSA) is 97.0 Å². The molecule has 0 radical (unpaired) electrons. The second-order valence-electron chi connectivity index (χ2n) is 8.56. The third kappa shape index (κ3) is 6.18. The average Bonchev–Trinajstić information content (AvgIpc) is 3.08. The molecule has 2 N–H and O–H groups in total. The molecule has 8 nitrogen and oxygen atoms in total. The average molecular weight is 461 g/mol. The predicted molar refractivity (Wildman–Crippen MR) is 118 cm³/mol. The fraction of sp³-hybridized carbons (Fsp3) is 0.348. The number of nitrogens with one attached hydrogen (secondary N) is 2. The van der Waals surface area contributed by atoms with Crippen LogP contribution in [0.4, 0.5) is 30.6 Å². The molecule has 0 aliphatic carbocycles. The first-order chi connectivity index (χ1) is 15.4. The number of amides is 3. The molecule has 176 valence electrons. The number of halogens is 2. The molecule has 10 heteroatoms. The Morgan fingerprint density at radius 2 is 1.73 bits per heavy atom. The smallest absolute Gasteiger partial charge is 0.412 e. The van der Waals surface area contributed by atoms with E-state index in [1.54, 1.807) is 32.9 Å². The van der Waals surface area contributed by atoms with Crippen LogP contribution < -0.4 is 20.3 Å². The zero-order chi connectivity index (χ0) is 24.3. The Balaban J connectivity index is 1.71. The van der Waals surface area contributed by atoms with Crippen molar-refractivity contribution in [2.75, 3.05) is 29.2 Å². The summed E-state index contributed by atoms with van der Waals surface area (Å²) in [6, 6.07) is 7.42. The van der Waals surface area contributed by atoms with Gasteiger partial charge < -0.3 is 19.7 Å². The second kappa shape index (κ2) is 9.43. The molecule has 1 heterocycles. The van der Waals surface area contributed by atoms with Crippen LogP contribution in [0.3, 0.4) is 0 Å². The summed E-state index contributed by atoms with van der Waals surface area (Å²) in [5, 5.41) is 5.28. The highest BCUT2D eigenvalue weighted by Gasteiger charge is 2.35. The monoisotopic (exact) mass is 461 g/mol. The number of ether oxygens (including phenoxy) is 2. The third-order valence-electron chi connectivity index (χ3n) is 4.76. The fourth-order valence-electron chi connectivity index (χ4n) is 3.37. The Hall–Kier alpha value is -3.69. The van der Waals surface area contributed by atoms with Gasteiger partial charge in [0.1, 0.15) is 23.0 Å². The van der Waals surface area contributed by atoms with Crippen molar-refractivity contribution in [3.63, 3.8) is 0 Å². The lowest BCUT2D eigenvalue weighted by atomic mass is 10.1. The van der Waals surface area contributed by atoms with Gasteiger partial charge in [-0.15, -0.1) is 0 Å². The number of carbonyl (C=O) groups excluding carboxylic acids is 3. The van der Waals surface area contributed by atoms with Crippen molar-refractivity contribution in [3.8, 4) is 5.75 Å². The first kappa shape index (κ1) is 24.0. The molecule has 3 amide bonds. The van der Waals surface area contributed by atoms with E-state index >= 15 is 0 Å². The van der Waals surface area contributed by atoms with Gasteiger partial charge in [0.2, 0.25) is 11.8 Å². The van der Waals surface area contributed by atoms with Crippen LogP contribution in [0.2, 0.25) is 0 Å². The van der Waals surface area contributed by atoms with Crippen molar-refractivity contribution < 1.29 is 32.6 Å². The minimum absolute atomic E-state index is 0.0211. The predicted octanol–water partition coefficient (Wildman–Crippen LogP) is 4.31.